The number of ether oxygens (including phenoxy) is 2. The lowest BCUT2D eigenvalue weighted by atomic mass is 10.1. The SMILES string of the molecule is COc1ccc2c(c1)N(C(=O)c1cc3cc(Cl)ccn3n1)C[C@@H](C)O2. The van der Waals surface area contributed by atoms with Crippen LogP contribution in [0.15, 0.2) is 42.6 Å². The molecule has 7 heteroatoms. The average molecular weight is 358 g/mol. The summed E-state index contributed by atoms with van der Waals surface area (Å²) in [7, 11) is 1.59. The maximum absolute atomic E-state index is 13.1. The van der Waals surface area contributed by atoms with Crippen molar-refractivity contribution < 1.29 is 14.3 Å². The van der Waals surface area contributed by atoms with Gasteiger partial charge in [0.1, 0.15) is 17.6 Å². The molecule has 1 aliphatic rings. The zero-order chi connectivity index (χ0) is 17.6. The minimum atomic E-state index is -0.190. The number of benzene rings is 1. The van der Waals surface area contributed by atoms with Gasteiger partial charge in [-0.25, -0.2) is 4.52 Å². The molecule has 0 saturated heterocycles. The maximum atomic E-state index is 13.1. The summed E-state index contributed by atoms with van der Waals surface area (Å²) < 4.78 is 12.7. The molecule has 1 amide bonds. The lowest BCUT2D eigenvalue weighted by molar-refractivity contribution is 0.0956. The summed E-state index contributed by atoms with van der Waals surface area (Å²) in [4.78, 5) is 14.8. The molecule has 0 saturated carbocycles. The predicted molar refractivity (Wildman–Crippen MR) is 95.0 cm³/mol. The molecule has 1 aromatic carbocycles. The summed E-state index contributed by atoms with van der Waals surface area (Å²) in [6.07, 6.45) is 1.62. The Morgan fingerprint density at radius 3 is 2.96 bits per heavy atom. The van der Waals surface area contributed by atoms with Gasteiger partial charge < -0.3 is 9.47 Å². The highest BCUT2D eigenvalue weighted by Gasteiger charge is 2.30. The number of methoxy groups -OCH3 is 1. The molecule has 0 bridgehead atoms. The number of halogens is 1. The molecule has 2 aromatic heterocycles. The van der Waals surface area contributed by atoms with Crippen LogP contribution < -0.4 is 14.4 Å². The molecule has 4 rings (SSSR count). The summed E-state index contributed by atoms with van der Waals surface area (Å²) >= 11 is 6.01. The fourth-order valence-electron chi connectivity index (χ4n) is 2.95. The van der Waals surface area contributed by atoms with Crippen LogP contribution in [0.2, 0.25) is 5.02 Å². The second-order valence-electron chi connectivity index (χ2n) is 5.92. The number of nitrogens with zero attached hydrogens (tertiary/aromatic N) is 3. The third-order valence-electron chi connectivity index (χ3n) is 4.11. The second-order valence-corrected chi connectivity index (χ2v) is 6.36. The molecule has 0 spiro atoms. The van der Waals surface area contributed by atoms with Gasteiger partial charge in [-0.2, -0.15) is 5.10 Å². The number of hydrogen-bond donors (Lipinski definition) is 0. The maximum Gasteiger partial charge on any atom is 0.279 e. The van der Waals surface area contributed by atoms with Crippen molar-refractivity contribution in [3.05, 3.63) is 53.3 Å². The minimum absolute atomic E-state index is 0.115. The van der Waals surface area contributed by atoms with Crippen LogP contribution in [0.5, 0.6) is 11.5 Å². The van der Waals surface area contributed by atoms with Gasteiger partial charge in [0.15, 0.2) is 5.69 Å². The van der Waals surface area contributed by atoms with Crippen molar-refractivity contribution >= 4 is 28.7 Å². The van der Waals surface area contributed by atoms with Crippen molar-refractivity contribution in [2.45, 2.75) is 13.0 Å². The summed E-state index contributed by atoms with van der Waals surface area (Å²) in [5, 5.41) is 4.96. The Morgan fingerprint density at radius 2 is 2.16 bits per heavy atom. The molecule has 3 heterocycles. The number of carbonyl (C=O) groups excluding carboxylic acids is 1. The third-order valence-corrected chi connectivity index (χ3v) is 4.35. The van der Waals surface area contributed by atoms with E-state index in [1.54, 1.807) is 47.0 Å². The number of fused-ring (bicyclic) bond motifs is 2. The van der Waals surface area contributed by atoms with Gasteiger partial charge in [-0.1, -0.05) is 11.6 Å². The van der Waals surface area contributed by atoms with E-state index in [9.17, 15) is 4.79 Å². The fraction of sp³-hybridized carbons (Fsp3) is 0.222. The largest absolute Gasteiger partial charge is 0.497 e. The number of aromatic nitrogens is 2. The van der Waals surface area contributed by atoms with Crippen LogP contribution in [0.25, 0.3) is 5.52 Å². The van der Waals surface area contributed by atoms with Crippen LogP contribution in [-0.2, 0) is 0 Å². The molecule has 1 aliphatic heterocycles. The first-order valence-electron chi connectivity index (χ1n) is 7.86. The summed E-state index contributed by atoms with van der Waals surface area (Å²) in [5.74, 6) is 1.13. The van der Waals surface area contributed by atoms with Crippen molar-refractivity contribution in [2.75, 3.05) is 18.6 Å². The molecule has 0 aliphatic carbocycles. The van der Waals surface area contributed by atoms with Gasteiger partial charge in [-0.05, 0) is 37.3 Å². The van der Waals surface area contributed by atoms with Gasteiger partial charge in [0.05, 0.1) is 24.9 Å². The van der Waals surface area contributed by atoms with Crippen molar-refractivity contribution in [2.24, 2.45) is 0 Å². The summed E-state index contributed by atoms with van der Waals surface area (Å²) in [6.45, 7) is 2.37. The number of anilines is 1. The molecule has 0 radical (unpaired) electrons. The van der Waals surface area contributed by atoms with E-state index in [0.717, 1.165) is 5.52 Å². The van der Waals surface area contributed by atoms with Crippen LogP contribution in [0, 0.1) is 0 Å². The van der Waals surface area contributed by atoms with Crippen LogP contribution in [0.4, 0.5) is 5.69 Å². The lowest BCUT2D eigenvalue weighted by Crippen LogP contribution is -2.42. The van der Waals surface area contributed by atoms with Crippen molar-refractivity contribution in [1.82, 2.24) is 9.61 Å². The standard InChI is InChI=1S/C18H16ClN3O3/c1-11-10-21(16-9-14(24-2)3-4-17(16)25-11)18(23)15-8-13-7-12(19)5-6-22(13)20-15/h3-9,11H,10H2,1-2H3/t11-/m1/s1. The van der Waals surface area contributed by atoms with Crippen molar-refractivity contribution in [3.63, 3.8) is 0 Å². The Kier molecular flexibility index (Phi) is 3.77. The second kappa shape index (κ2) is 5.97. The van der Waals surface area contributed by atoms with Gasteiger partial charge in [0.25, 0.3) is 5.91 Å². The molecule has 0 N–H and O–H groups in total. The number of carbonyl (C=O) groups is 1. The Morgan fingerprint density at radius 1 is 1.32 bits per heavy atom. The molecular formula is C18H16ClN3O3. The molecule has 128 valence electrons. The smallest absolute Gasteiger partial charge is 0.279 e. The van der Waals surface area contributed by atoms with E-state index in [0.29, 0.717) is 34.4 Å². The molecule has 25 heavy (non-hydrogen) atoms. The highest BCUT2D eigenvalue weighted by Crippen LogP contribution is 2.37. The van der Waals surface area contributed by atoms with Gasteiger partial charge >= 0.3 is 0 Å². The van der Waals surface area contributed by atoms with Crippen molar-refractivity contribution in [1.29, 1.82) is 0 Å². The first-order chi connectivity index (χ1) is 12.0. The van der Waals surface area contributed by atoms with E-state index in [1.807, 2.05) is 19.1 Å². The van der Waals surface area contributed by atoms with E-state index in [1.165, 1.54) is 0 Å². The van der Waals surface area contributed by atoms with Gasteiger partial charge in [-0.3, -0.25) is 9.69 Å². The van der Waals surface area contributed by atoms with Gasteiger partial charge in [0, 0.05) is 17.3 Å². The molecule has 6 nitrogen and oxygen atoms in total. The quantitative estimate of drug-likeness (QED) is 0.705. The number of hydrogen-bond acceptors (Lipinski definition) is 4. The van der Waals surface area contributed by atoms with E-state index in [-0.39, 0.29) is 12.0 Å². The molecule has 3 aromatic rings. The summed E-state index contributed by atoms with van der Waals surface area (Å²) in [6, 6.07) is 10.6. The first-order valence-corrected chi connectivity index (χ1v) is 8.24. The minimum Gasteiger partial charge on any atom is -0.497 e. The average Bonchev–Trinajstić information content (AvgIpc) is 3.03. The molecule has 1 atom stereocenters. The number of amides is 1. The summed E-state index contributed by atoms with van der Waals surface area (Å²) in [5.41, 5.74) is 1.80. The molecular weight excluding hydrogens is 342 g/mol. The third kappa shape index (κ3) is 2.78. The highest BCUT2D eigenvalue weighted by molar-refractivity contribution is 6.30. The van der Waals surface area contributed by atoms with Crippen LogP contribution >= 0.6 is 11.6 Å². The van der Waals surface area contributed by atoms with Gasteiger partial charge in [-0.15, -0.1) is 0 Å². The fourth-order valence-corrected chi connectivity index (χ4v) is 3.11. The normalized spacial score (nSPS) is 16.4. The Bertz CT molecular complexity index is 969. The number of pyridine rings is 1. The van der Waals surface area contributed by atoms with E-state index in [4.69, 9.17) is 21.1 Å². The Hall–Kier alpha value is -2.73. The van der Waals surface area contributed by atoms with E-state index in [2.05, 4.69) is 5.10 Å². The van der Waals surface area contributed by atoms with E-state index >= 15 is 0 Å². The molecule has 0 unspecified atom stereocenters. The number of rotatable bonds is 2. The topological polar surface area (TPSA) is 56.1 Å². The molecule has 0 fully saturated rings. The van der Waals surface area contributed by atoms with Gasteiger partial charge in [0.2, 0.25) is 0 Å². The highest BCUT2D eigenvalue weighted by atomic mass is 35.5. The van der Waals surface area contributed by atoms with E-state index < -0.39 is 0 Å². The zero-order valence-electron chi connectivity index (χ0n) is 13.8. The Balaban J connectivity index is 1.76. The predicted octanol–water partition coefficient (Wildman–Crippen LogP) is 3.42. The Labute approximate surface area is 149 Å². The monoisotopic (exact) mass is 357 g/mol. The zero-order valence-corrected chi connectivity index (χ0v) is 14.5. The van der Waals surface area contributed by atoms with Crippen molar-refractivity contribution in [3.8, 4) is 11.5 Å². The van der Waals surface area contributed by atoms with Crippen LogP contribution in [-0.4, -0.2) is 35.3 Å². The van der Waals surface area contributed by atoms with Crippen LogP contribution in [0.3, 0.4) is 0 Å². The first kappa shape index (κ1) is 15.8. The van der Waals surface area contributed by atoms with Crippen LogP contribution in [0.1, 0.15) is 17.4 Å². The lowest BCUT2D eigenvalue weighted by Gasteiger charge is -2.33.